The Balaban J connectivity index is 1.16. The molecule has 0 bridgehead atoms. The molecule has 0 amide bonds. The van der Waals surface area contributed by atoms with Crippen molar-refractivity contribution in [3.63, 3.8) is 0 Å². The van der Waals surface area contributed by atoms with Gasteiger partial charge in [0.2, 0.25) is 11.9 Å². The first-order chi connectivity index (χ1) is 18.6. The Labute approximate surface area is 219 Å². The molecule has 0 radical (unpaired) electrons. The van der Waals surface area contributed by atoms with Crippen molar-refractivity contribution < 1.29 is 14.2 Å². The zero-order chi connectivity index (χ0) is 25.9. The van der Waals surface area contributed by atoms with Crippen LogP contribution in [-0.4, -0.2) is 75.3 Å². The summed E-state index contributed by atoms with van der Waals surface area (Å²) in [5.74, 6) is 0.727. The van der Waals surface area contributed by atoms with E-state index in [0.717, 1.165) is 49.5 Å². The summed E-state index contributed by atoms with van der Waals surface area (Å²) in [5, 5.41) is 17.7. The van der Waals surface area contributed by atoms with E-state index in [0.29, 0.717) is 42.9 Å². The number of morpholine rings is 1. The zero-order valence-corrected chi connectivity index (χ0v) is 20.9. The highest BCUT2D eigenvalue weighted by molar-refractivity contribution is 5.67. The Kier molecular flexibility index (Phi) is 6.84. The van der Waals surface area contributed by atoms with Crippen molar-refractivity contribution in [1.82, 2.24) is 24.7 Å². The first kappa shape index (κ1) is 24.3. The lowest BCUT2D eigenvalue weighted by atomic mass is 10.1. The van der Waals surface area contributed by atoms with Gasteiger partial charge in [0.05, 0.1) is 30.7 Å². The predicted molar refractivity (Wildman–Crippen MR) is 143 cm³/mol. The lowest BCUT2D eigenvalue weighted by molar-refractivity contribution is 0.122. The Morgan fingerprint density at radius 1 is 0.947 bits per heavy atom. The highest BCUT2D eigenvalue weighted by Crippen LogP contribution is 2.27. The molecule has 196 valence electrons. The second kappa shape index (κ2) is 10.7. The van der Waals surface area contributed by atoms with Crippen LogP contribution in [0.2, 0.25) is 0 Å². The van der Waals surface area contributed by atoms with E-state index in [1.165, 1.54) is 6.07 Å². The van der Waals surface area contributed by atoms with Gasteiger partial charge in [-0.3, -0.25) is 0 Å². The van der Waals surface area contributed by atoms with Gasteiger partial charge in [-0.2, -0.15) is 4.98 Å². The van der Waals surface area contributed by atoms with Crippen molar-refractivity contribution in [2.75, 3.05) is 54.5 Å². The highest BCUT2D eigenvalue weighted by atomic mass is 19.1. The Bertz CT molecular complexity index is 1390. The number of nitrogens with one attached hydrogen (secondary N) is 1. The van der Waals surface area contributed by atoms with Gasteiger partial charge in [-0.15, -0.1) is 5.10 Å². The summed E-state index contributed by atoms with van der Waals surface area (Å²) >= 11 is 0. The third kappa shape index (κ3) is 5.43. The number of nitrogens with zero attached hydrogens (tertiary/aromatic N) is 7. The number of hydrogen-bond acceptors (Lipinski definition) is 9. The molecule has 6 rings (SSSR count). The number of aliphatic hydroxyl groups is 1. The largest absolute Gasteiger partial charge is 0.391 e. The molecule has 2 N–H and O–H groups in total. The van der Waals surface area contributed by atoms with Gasteiger partial charge in [0, 0.05) is 49.3 Å². The molecule has 1 unspecified atom stereocenters. The van der Waals surface area contributed by atoms with Crippen molar-refractivity contribution >= 4 is 23.3 Å². The fraction of sp³-hybridized carbons (Fsp3) is 0.333. The summed E-state index contributed by atoms with van der Waals surface area (Å²) in [6.45, 7) is 4.11. The van der Waals surface area contributed by atoms with Crippen molar-refractivity contribution in [3.05, 3.63) is 66.9 Å². The van der Waals surface area contributed by atoms with Crippen LogP contribution in [0.4, 0.5) is 27.7 Å². The molecular formula is C27H29FN8O2. The summed E-state index contributed by atoms with van der Waals surface area (Å²) < 4.78 is 21.6. The van der Waals surface area contributed by atoms with Gasteiger partial charge < -0.3 is 25.0 Å². The molecule has 2 aromatic carbocycles. The molecule has 2 aromatic heterocycles. The minimum absolute atomic E-state index is 0.305. The molecule has 0 aliphatic carbocycles. The summed E-state index contributed by atoms with van der Waals surface area (Å²) in [6.07, 6.45) is 4.74. The van der Waals surface area contributed by atoms with Gasteiger partial charge in [0.25, 0.3) is 0 Å². The fourth-order valence-electron chi connectivity index (χ4n) is 4.79. The number of aliphatic hydroxyl groups excluding tert-OH is 1. The lowest BCUT2D eigenvalue weighted by Gasteiger charge is -2.29. The van der Waals surface area contributed by atoms with Crippen LogP contribution in [0.1, 0.15) is 12.8 Å². The number of piperidine rings is 1. The van der Waals surface area contributed by atoms with E-state index in [4.69, 9.17) is 4.74 Å². The van der Waals surface area contributed by atoms with Gasteiger partial charge in [-0.1, -0.05) is 0 Å². The summed E-state index contributed by atoms with van der Waals surface area (Å²) in [6, 6.07) is 14.4. The molecule has 0 saturated carbocycles. The van der Waals surface area contributed by atoms with Crippen LogP contribution in [0, 0.1) is 5.82 Å². The first-order valence-electron chi connectivity index (χ1n) is 12.8. The van der Waals surface area contributed by atoms with Crippen LogP contribution in [0.3, 0.4) is 0 Å². The van der Waals surface area contributed by atoms with E-state index in [2.05, 4.69) is 30.3 Å². The van der Waals surface area contributed by atoms with Crippen LogP contribution in [-0.2, 0) is 4.74 Å². The molecule has 10 nitrogen and oxygen atoms in total. The fourth-order valence-corrected chi connectivity index (χ4v) is 4.79. The van der Waals surface area contributed by atoms with Crippen molar-refractivity contribution in [2.45, 2.75) is 18.9 Å². The average molecular weight is 517 g/mol. The van der Waals surface area contributed by atoms with Crippen LogP contribution >= 0.6 is 0 Å². The maximum Gasteiger partial charge on any atom is 0.245 e. The van der Waals surface area contributed by atoms with Gasteiger partial charge in [0.15, 0.2) is 0 Å². The number of halogens is 1. The van der Waals surface area contributed by atoms with E-state index in [9.17, 15) is 9.50 Å². The van der Waals surface area contributed by atoms with Crippen LogP contribution in [0.25, 0.3) is 16.9 Å². The first-order valence-corrected chi connectivity index (χ1v) is 12.8. The monoisotopic (exact) mass is 516 g/mol. The second-order valence-electron chi connectivity index (χ2n) is 9.47. The zero-order valence-electron chi connectivity index (χ0n) is 20.9. The van der Waals surface area contributed by atoms with Gasteiger partial charge in [-0.05, 0) is 61.4 Å². The van der Waals surface area contributed by atoms with Crippen molar-refractivity contribution in [2.24, 2.45) is 0 Å². The molecule has 2 saturated heterocycles. The number of anilines is 4. The SMILES string of the molecule is OC1CCCN(c2ncn(-c3ccc(Nc4nccc(-c5cc(F)cc(N6CCOCC6)c5)n4)cc3)n2)C1. The number of hydrogen-bond donors (Lipinski definition) is 2. The van der Waals surface area contributed by atoms with Gasteiger partial charge >= 0.3 is 0 Å². The van der Waals surface area contributed by atoms with E-state index in [-0.39, 0.29) is 11.9 Å². The summed E-state index contributed by atoms with van der Waals surface area (Å²) in [7, 11) is 0. The molecule has 4 aromatic rings. The number of rotatable bonds is 6. The number of β-amino-alcohol motifs (C(OH)–C–C–N with tert-alkyl or cyclic N) is 1. The smallest absolute Gasteiger partial charge is 0.245 e. The number of benzene rings is 2. The van der Waals surface area contributed by atoms with Crippen molar-refractivity contribution in [3.8, 4) is 16.9 Å². The van der Waals surface area contributed by atoms with Crippen molar-refractivity contribution in [1.29, 1.82) is 0 Å². The van der Waals surface area contributed by atoms with E-state index in [1.54, 1.807) is 29.3 Å². The molecule has 4 heterocycles. The second-order valence-corrected chi connectivity index (χ2v) is 9.47. The molecule has 1 atom stereocenters. The van der Waals surface area contributed by atoms with E-state index in [1.807, 2.05) is 35.2 Å². The van der Waals surface area contributed by atoms with Crippen LogP contribution < -0.4 is 15.1 Å². The number of ether oxygens (including phenoxy) is 1. The molecule has 2 aliphatic rings. The quantitative estimate of drug-likeness (QED) is 0.399. The standard InChI is InChI=1S/C27H29FN8O2/c28-20-14-19(15-23(16-20)34-10-12-38-13-11-34)25-7-8-29-26(32-25)31-21-3-5-22(6-4-21)36-18-30-27(33-36)35-9-1-2-24(37)17-35/h3-8,14-16,18,24,37H,1-2,9-13,17H2,(H,29,31,32). The molecule has 0 spiro atoms. The topological polar surface area (TPSA) is 104 Å². The summed E-state index contributed by atoms with van der Waals surface area (Å²) in [4.78, 5) is 17.5. The van der Waals surface area contributed by atoms with E-state index < -0.39 is 0 Å². The minimum atomic E-state index is -0.338. The Hall–Kier alpha value is -4.09. The van der Waals surface area contributed by atoms with Crippen LogP contribution in [0.15, 0.2) is 61.1 Å². The Morgan fingerprint density at radius 3 is 2.61 bits per heavy atom. The lowest BCUT2D eigenvalue weighted by Crippen LogP contribution is -2.38. The van der Waals surface area contributed by atoms with Crippen LogP contribution in [0.5, 0.6) is 0 Å². The summed E-state index contributed by atoms with van der Waals surface area (Å²) in [5.41, 5.74) is 3.80. The minimum Gasteiger partial charge on any atom is -0.391 e. The number of aromatic nitrogens is 5. The molecular weight excluding hydrogens is 487 g/mol. The molecule has 2 aliphatic heterocycles. The molecule has 38 heavy (non-hydrogen) atoms. The van der Waals surface area contributed by atoms with Gasteiger partial charge in [0.1, 0.15) is 12.1 Å². The third-order valence-corrected chi connectivity index (χ3v) is 6.76. The van der Waals surface area contributed by atoms with E-state index >= 15 is 0 Å². The third-order valence-electron chi connectivity index (χ3n) is 6.76. The predicted octanol–water partition coefficient (Wildman–Crippen LogP) is 3.40. The van der Waals surface area contributed by atoms with Gasteiger partial charge in [-0.25, -0.2) is 19.0 Å². The Morgan fingerprint density at radius 2 is 1.79 bits per heavy atom. The maximum atomic E-state index is 14.5. The normalized spacial score (nSPS) is 18.0. The molecule has 11 heteroatoms. The maximum absolute atomic E-state index is 14.5. The average Bonchev–Trinajstić information content (AvgIpc) is 3.44. The highest BCUT2D eigenvalue weighted by Gasteiger charge is 2.21. The molecule has 2 fully saturated rings.